The Morgan fingerprint density at radius 2 is 2.15 bits per heavy atom. The van der Waals surface area contributed by atoms with Crippen LogP contribution in [0.1, 0.15) is 45.1 Å². The maximum Gasteiger partial charge on any atom is 0.277 e. The second-order valence-electron chi connectivity index (χ2n) is 7.81. The van der Waals surface area contributed by atoms with E-state index in [2.05, 4.69) is 27.8 Å². The second-order valence-corrected chi connectivity index (χ2v) is 9.12. The Morgan fingerprint density at radius 1 is 1.32 bits per heavy atom. The maximum absolute atomic E-state index is 12.9. The van der Waals surface area contributed by atoms with E-state index in [9.17, 15) is 9.00 Å². The van der Waals surface area contributed by atoms with Crippen LogP contribution in [0.5, 0.6) is 0 Å². The molecule has 0 saturated heterocycles. The van der Waals surface area contributed by atoms with Crippen molar-refractivity contribution in [1.82, 2.24) is 24.5 Å². The highest BCUT2D eigenvalue weighted by molar-refractivity contribution is 7.83. The van der Waals surface area contributed by atoms with Gasteiger partial charge in [0.1, 0.15) is 17.1 Å². The summed E-state index contributed by atoms with van der Waals surface area (Å²) in [5, 5.41) is 4.49. The van der Waals surface area contributed by atoms with Crippen molar-refractivity contribution in [3.63, 3.8) is 0 Å². The molecule has 3 rings (SSSR count). The molecule has 1 aliphatic carbocycles. The van der Waals surface area contributed by atoms with Gasteiger partial charge in [0.05, 0.1) is 34.6 Å². The van der Waals surface area contributed by atoms with Crippen molar-refractivity contribution in [2.75, 3.05) is 18.9 Å². The van der Waals surface area contributed by atoms with Crippen LogP contribution < -0.4 is 10.3 Å². The van der Waals surface area contributed by atoms with Gasteiger partial charge in [-0.1, -0.05) is 55.4 Å². The first-order valence-electron chi connectivity index (χ1n) is 11.6. The number of allylic oxidation sites excluding steroid dienone is 7. The van der Waals surface area contributed by atoms with E-state index >= 15 is 0 Å². The van der Waals surface area contributed by atoms with Gasteiger partial charge in [-0.15, -0.1) is 0 Å². The summed E-state index contributed by atoms with van der Waals surface area (Å²) in [5.41, 5.74) is 3.30. The Hall–Kier alpha value is -3.04. The van der Waals surface area contributed by atoms with Gasteiger partial charge in [-0.2, -0.15) is 5.10 Å². The Labute approximate surface area is 202 Å². The Bertz CT molecular complexity index is 1250. The lowest BCUT2D eigenvalue weighted by molar-refractivity contribution is 0.245. The number of ether oxygens (including phenoxy) is 1. The molecule has 2 heterocycles. The van der Waals surface area contributed by atoms with E-state index in [1.165, 1.54) is 0 Å². The molecule has 1 unspecified atom stereocenters. The lowest BCUT2D eigenvalue weighted by Gasteiger charge is -2.13. The van der Waals surface area contributed by atoms with Gasteiger partial charge in [0, 0.05) is 13.6 Å². The summed E-state index contributed by atoms with van der Waals surface area (Å²) in [6.07, 6.45) is 16.1. The minimum atomic E-state index is -1.31. The summed E-state index contributed by atoms with van der Waals surface area (Å²) in [5.74, 6) is 1.18. The molecular formula is C25H33N5O3S. The number of hydrogen-bond donors (Lipinski definition) is 2. The molecule has 0 radical (unpaired) electrons. The van der Waals surface area contributed by atoms with E-state index in [-0.39, 0.29) is 11.3 Å². The summed E-state index contributed by atoms with van der Waals surface area (Å²) >= 11 is 0. The number of aromatic amines is 1. The normalized spacial score (nSPS) is 15.5. The molecular weight excluding hydrogens is 450 g/mol. The molecule has 2 aromatic rings. The van der Waals surface area contributed by atoms with Crippen LogP contribution in [0.2, 0.25) is 0 Å². The summed E-state index contributed by atoms with van der Waals surface area (Å²) in [6.45, 7) is 6.80. The summed E-state index contributed by atoms with van der Waals surface area (Å²) in [4.78, 5) is 20.6. The van der Waals surface area contributed by atoms with Crippen LogP contribution in [0.3, 0.4) is 0 Å². The van der Waals surface area contributed by atoms with Crippen molar-refractivity contribution in [2.24, 2.45) is 7.05 Å². The molecule has 8 nitrogen and oxygen atoms in total. The van der Waals surface area contributed by atoms with Crippen molar-refractivity contribution in [1.29, 1.82) is 0 Å². The molecule has 0 aromatic carbocycles. The number of nitrogens with zero attached hydrogens (tertiary/aromatic N) is 3. The maximum atomic E-state index is 12.9. The Morgan fingerprint density at radius 3 is 2.88 bits per heavy atom. The van der Waals surface area contributed by atoms with Crippen LogP contribution >= 0.6 is 0 Å². The average Bonchev–Trinajstić information content (AvgIpc) is 2.98. The van der Waals surface area contributed by atoms with Crippen LogP contribution in [-0.2, 0) is 29.2 Å². The fourth-order valence-electron chi connectivity index (χ4n) is 3.71. The zero-order chi connectivity index (χ0) is 24.5. The van der Waals surface area contributed by atoms with E-state index in [1.807, 2.05) is 44.2 Å². The predicted octanol–water partition coefficient (Wildman–Crippen LogP) is 3.63. The Kier molecular flexibility index (Phi) is 9.35. The van der Waals surface area contributed by atoms with Gasteiger partial charge in [0.25, 0.3) is 5.56 Å². The molecule has 0 spiro atoms. The highest BCUT2D eigenvalue weighted by atomic mass is 32.2. The minimum absolute atomic E-state index is 0.231. The van der Waals surface area contributed by atoms with Gasteiger partial charge in [0.15, 0.2) is 5.52 Å². The van der Waals surface area contributed by atoms with E-state index in [0.29, 0.717) is 41.3 Å². The van der Waals surface area contributed by atoms with Gasteiger partial charge in [-0.05, 0) is 32.8 Å². The van der Waals surface area contributed by atoms with Crippen LogP contribution in [0, 0.1) is 0 Å². The molecule has 0 saturated carbocycles. The van der Waals surface area contributed by atoms with Gasteiger partial charge in [-0.25, -0.2) is 13.9 Å². The Balaban J connectivity index is 1.91. The van der Waals surface area contributed by atoms with Gasteiger partial charge in [-0.3, -0.25) is 9.48 Å². The molecule has 1 atom stereocenters. The third kappa shape index (κ3) is 6.30. The lowest BCUT2D eigenvalue weighted by Crippen LogP contribution is -2.22. The molecule has 0 amide bonds. The fourth-order valence-corrected chi connectivity index (χ4v) is 4.49. The number of rotatable bonds is 11. The minimum Gasteiger partial charge on any atom is -0.493 e. The van der Waals surface area contributed by atoms with Crippen molar-refractivity contribution in [2.45, 2.75) is 40.0 Å². The average molecular weight is 484 g/mol. The third-order valence-corrected chi connectivity index (χ3v) is 6.24. The largest absolute Gasteiger partial charge is 0.493 e. The van der Waals surface area contributed by atoms with Gasteiger partial charge in [0.2, 0.25) is 0 Å². The molecule has 2 aromatic heterocycles. The summed E-state index contributed by atoms with van der Waals surface area (Å²) < 4.78 is 23.2. The molecule has 1 aliphatic rings. The second kappa shape index (κ2) is 12.4. The van der Waals surface area contributed by atoms with Crippen LogP contribution in [0.25, 0.3) is 16.6 Å². The molecule has 2 N–H and O–H groups in total. The molecule has 34 heavy (non-hydrogen) atoms. The highest BCUT2D eigenvalue weighted by Gasteiger charge is 2.18. The topological polar surface area (TPSA) is 102 Å². The molecule has 0 bridgehead atoms. The predicted molar refractivity (Wildman–Crippen MR) is 138 cm³/mol. The summed E-state index contributed by atoms with van der Waals surface area (Å²) in [6, 6.07) is 0. The van der Waals surface area contributed by atoms with Crippen LogP contribution in [-0.4, -0.2) is 42.9 Å². The van der Waals surface area contributed by atoms with Crippen molar-refractivity contribution >= 4 is 27.6 Å². The first-order chi connectivity index (χ1) is 16.5. The highest BCUT2D eigenvalue weighted by Crippen LogP contribution is 2.23. The standard InChI is InChI=1S/C25H33N5O3S/c1-5-12-20-22-23(30(4)29-20)25(31)28-24(27-22)19(21(6-2)33-7-3)15-16-34(32)26-17-18-13-10-8-9-11-14-18/h6,8-11,13,15,26H,5,7,12,14,16-17H2,1-4H3,(H,27,28,31)/b19-15+,21-6+. The first-order valence-corrected chi connectivity index (χ1v) is 12.9. The van der Waals surface area contributed by atoms with E-state index in [1.54, 1.807) is 17.8 Å². The zero-order valence-corrected chi connectivity index (χ0v) is 21.1. The van der Waals surface area contributed by atoms with Crippen molar-refractivity contribution in [3.05, 3.63) is 75.7 Å². The zero-order valence-electron chi connectivity index (χ0n) is 20.3. The lowest BCUT2D eigenvalue weighted by atomic mass is 10.1. The van der Waals surface area contributed by atoms with Crippen molar-refractivity contribution in [3.8, 4) is 0 Å². The first kappa shape index (κ1) is 25.6. The number of H-pyrrole nitrogens is 1. The van der Waals surface area contributed by atoms with Gasteiger partial charge >= 0.3 is 0 Å². The molecule has 182 valence electrons. The number of aryl methyl sites for hydroxylation is 2. The van der Waals surface area contributed by atoms with Gasteiger partial charge < -0.3 is 9.72 Å². The molecule has 0 fully saturated rings. The smallest absolute Gasteiger partial charge is 0.277 e. The number of fused-ring (bicyclic) bond motifs is 1. The van der Waals surface area contributed by atoms with E-state index in [0.717, 1.165) is 30.5 Å². The number of aromatic nitrogens is 4. The van der Waals surface area contributed by atoms with E-state index < -0.39 is 11.0 Å². The number of hydrogen-bond acceptors (Lipinski definition) is 5. The number of nitrogens with one attached hydrogen (secondary N) is 2. The van der Waals surface area contributed by atoms with E-state index in [4.69, 9.17) is 9.72 Å². The van der Waals surface area contributed by atoms with Crippen LogP contribution in [0.15, 0.2) is 58.7 Å². The third-order valence-electron chi connectivity index (χ3n) is 5.30. The summed E-state index contributed by atoms with van der Waals surface area (Å²) in [7, 11) is 0.432. The molecule has 9 heteroatoms. The monoisotopic (exact) mass is 483 g/mol. The van der Waals surface area contributed by atoms with Crippen LogP contribution in [0.4, 0.5) is 0 Å². The van der Waals surface area contributed by atoms with Crippen molar-refractivity contribution < 1.29 is 8.95 Å². The quantitative estimate of drug-likeness (QED) is 0.375. The molecule has 0 aliphatic heterocycles. The SMILES string of the molecule is C/C=C(OCC)\C(=C/CS(=O)NCC1=CC=CC=CC1)c1nc2c(CCC)nn(C)c2c(=O)[nH]1. The fraction of sp³-hybridized carbons (Fsp3) is 0.400.